The average molecular weight is 466 g/mol. The lowest BCUT2D eigenvalue weighted by Crippen LogP contribution is -2.43. The van der Waals surface area contributed by atoms with E-state index in [1.54, 1.807) is 13.8 Å². The van der Waals surface area contributed by atoms with Crippen LogP contribution in [0.1, 0.15) is 45.7 Å². The number of ether oxygens (including phenoxy) is 1. The van der Waals surface area contributed by atoms with Crippen LogP contribution >= 0.6 is 22.7 Å². The number of hydrogen-bond donors (Lipinski definition) is 2. The zero-order chi connectivity index (χ0) is 22.5. The summed E-state index contributed by atoms with van der Waals surface area (Å²) in [6, 6.07) is 0. The molecule has 3 heterocycles. The molecule has 0 aromatic carbocycles. The Morgan fingerprint density at radius 1 is 1.10 bits per heavy atom. The van der Waals surface area contributed by atoms with Crippen molar-refractivity contribution >= 4 is 50.7 Å². The third-order valence-corrected chi connectivity index (χ3v) is 7.05. The van der Waals surface area contributed by atoms with E-state index in [0.29, 0.717) is 27.4 Å². The Bertz CT molecular complexity index is 951. The molecule has 0 bridgehead atoms. The van der Waals surface area contributed by atoms with Crippen LogP contribution in [-0.2, 0) is 14.3 Å². The van der Waals surface area contributed by atoms with Gasteiger partial charge in [0.1, 0.15) is 4.88 Å². The highest BCUT2D eigenvalue weighted by Gasteiger charge is 2.28. The van der Waals surface area contributed by atoms with Gasteiger partial charge in [-0.25, -0.2) is 14.8 Å². The van der Waals surface area contributed by atoms with E-state index in [1.807, 2.05) is 18.7 Å². The number of nitrogens with zero attached hydrogens (tertiary/aromatic N) is 3. The quantitative estimate of drug-likeness (QED) is 0.604. The predicted molar refractivity (Wildman–Crippen MR) is 121 cm³/mol. The second kappa shape index (κ2) is 10.3. The summed E-state index contributed by atoms with van der Waals surface area (Å²) in [5.41, 5.74) is 1.45. The predicted octanol–water partition coefficient (Wildman–Crippen LogP) is 2.99. The number of nitrogens with one attached hydrogen (secondary N) is 2. The number of anilines is 2. The summed E-state index contributed by atoms with van der Waals surface area (Å²) in [6.45, 7) is 9.08. The molecule has 9 nitrogen and oxygen atoms in total. The standard InChI is InChI=1S/C20H27N5O4S2/c1-5-29-18(28)16-12(3)22-20(31-16)24-17(27)14-7-6-8-25(9-14)10-15(26)23-19-21-11(2)13(4)30-19/h14H,5-10H2,1-4H3,(H,21,23,26)(H,22,24,27). The number of hydrogen-bond acceptors (Lipinski definition) is 9. The molecule has 3 rings (SSSR count). The molecule has 0 radical (unpaired) electrons. The minimum Gasteiger partial charge on any atom is -0.462 e. The Morgan fingerprint density at radius 3 is 2.48 bits per heavy atom. The Balaban J connectivity index is 1.54. The topological polar surface area (TPSA) is 114 Å². The van der Waals surface area contributed by atoms with Crippen LogP contribution in [0.3, 0.4) is 0 Å². The van der Waals surface area contributed by atoms with Gasteiger partial charge in [0.2, 0.25) is 11.8 Å². The van der Waals surface area contributed by atoms with Crippen molar-refractivity contribution in [2.45, 2.75) is 40.5 Å². The van der Waals surface area contributed by atoms with Crippen LogP contribution < -0.4 is 10.6 Å². The number of rotatable bonds is 7. The highest BCUT2D eigenvalue weighted by Crippen LogP contribution is 2.26. The van der Waals surface area contributed by atoms with Crippen molar-refractivity contribution in [2.24, 2.45) is 5.92 Å². The molecule has 0 aliphatic carbocycles. The number of aromatic nitrogens is 2. The van der Waals surface area contributed by atoms with E-state index in [4.69, 9.17) is 4.74 Å². The summed E-state index contributed by atoms with van der Waals surface area (Å²) in [5, 5.41) is 6.64. The van der Waals surface area contributed by atoms with Gasteiger partial charge in [0.05, 0.1) is 30.5 Å². The molecule has 168 valence electrons. The molecule has 1 aliphatic heterocycles. The van der Waals surface area contributed by atoms with Gasteiger partial charge >= 0.3 is 5.97 Å². The van der Waals surface area contributed by atoms with Crippen molar-refractivity contribution < 1.29 is 19.1 Å². The third kappa shape index (κ3) is 6.08. The van der Waals surface area contributed by atoms with Gasteiger partial charge in [-0.3, -0.25) is 14.5 Å². The van der Waals surface area contributed by atoms with E-state index in [1.165, 1.54) is 11.3 Å². The van der Waals surface area contributed by atoms with Crippen molar-refractivity contribution in [3.05, 3.63) is 21.1 Å². The van der Waals surface area contributed by atoms with E-state index >= 15 is 0 Å². The second-order valence-electron chi connectivity index (χ2n) is 7.43. The van der Waals surface area contributed by atoms with Gasteiger partial charge in [-0.05, 0) is 47.1 Å². The number of amides is 2. The number of aryl methyl sites for hydroxylation is 3. The van der Waals surface area contributed by atoms with Crippen molar-refractivity contribution in [3.8, 4) is 0 Å². The molecule has 2 aromatic rings. The van der Waals surface area contributed by atoms with Gasteiger partial charge in [0.25, 0.3) is 0 Å². The third-order valence-electron chi connectivity index (χ3n) is 5.01. The summed E-state index contributed by atoms with van der Waals surface area (Å²) in [5.74, 6) is -0.968. The summed E-state index contributed by atoms with van der Waals surface area (Å²) in [6.07, 6.45) is 1.57. The van der Waals surface area contributed by atoms with Gasteiger partial charge < -0.3 is 15.4 Å². The number of carbonyl (C=O) groups excluding carboxylic acids is 3. The first-order chi connectivity index (χ1) is 14.8. The molecule has 1 fully saturated rings. The summed E-state index contributed by atoms with van der Waals surface area (Å²) in [7, 11) is 0. The van der Waals surface area contributed by atoms with Crippen LogP contribution in [0.2, 0.25) is 0 Å². The largest absolute Gasteiger partial charge is 0.462 e. The molecule has 31 heavy (non-hydrogen) atoms. The van der Waals surface area contributed by atoms with Crippen LogP contribution in [0.25, 0.3) is 0 Å². The minimum absolute atomic E-state index is 0.135. The Morgan fingerprint density at radius 2 is 1.81 bits per heavy atom. The lowest BCUT2D eigenvalue weighted by atomic mass is 9.97. The average Bonchev–Trinajstić information content (AvgIpc) is 3.23. The molecular formula is C20H27N5O4S2. The molecule has 0 spiro atoms. The monoisotopic (exact) mass is 465 g/mol. The maximum Gasteiger partial charge on any atom is 0.350 e. The van der Waals surface area contributed by atoms with Crippen molar-refractivity contribution in [1.29, 1.82) is 0 Å². The molecule has 1 saturated heterocycles. The van der Waals surface area contributed by atoms with Crippen molar-refractivity contribution in [1.82, 2.24) is 14.9 Å². The van der Waals surface area contributed by atoms with E-state index < -0.39 is 5.97 Å². The highest BCUT2D eigenvalue weighted by molar-refractivity contribution is 7.17. The Hall–Kier alpha value is -2.37. The van der Waals surface area contributed by atoms with E-state index in [-0.39, 0.29) is 30.9 Å². The van der Waals surface area contributed by atoms with Crippen molar-refractivity contribution in [3.63, 3.8) is 0 Å². The fourth-order valence-corrected chi connectivity index (χ4v) is 5.04. The molecule has 11 heteroatoms. The normalized spacial score (nSPS) is 16.7. The van der Waals surface area contributed by atoms with Gasteiger partial charge in [-0.2, -0.15) is 0 Å². The fraction of sp³-hybridized carbons (Fsp3) is 0.550. The zero-order valence-corrected chi connectivity index (χ0v) is 19.7. The maximum absolute atomic E-state index is 12.8. The molecule has 1 atom stereocenters. The number of thiazole rings is 2. The van der Waals surface area contributed by atoms with E-state index in [2.05, 4.69) is 20.6 Å². The van der Waals surface area contributed by atoms with Crippen LogP contribution in [-0.4, -0.2) is 58.9 Å². The second-order valence-corrected chi connectivity index (χ2v) is 9.63. The van der Waals surface area contributed by atoms with E-state index in [0.717, 1.165) is 41.3 Å². The smallest absolute Gasteiger partial charge is 0.350 e. The van der Waals surface area contributed by atoms with Crippen molar-refractivity contribution in [2.75, 3.05) is 36.9 Å². The molecular weight excluding hydrogens is 438 g/mol. The molecule has 2 aromatic heterocycles. The molecule has 1 aliphatic rings. The van der Waals surface area contributed by atoms with Crippen LogP contribution in [0.15, 0.2) is 0 Å². The number of carbonyl (C=O) groups is 3. The summed E-state index contributed by atoms with van der Waals surface area (Å²) < 4.78 is 5.02. The SMILES string of the molecule is CCOC(=O)c1sc(NC(=O)C2CCCN(CC(=O)Nc3nc(C)c(C)s3)C2)nc1C. The van der Waals surface area contributed by atoms with Gasteiger partial charge in [0.15, 0.2) is 10.3 Å². The first-order valence-corrected chi connectivity index (χ1v) is 11.8. The van der Waals surface area contributed by atoms with E-state index in [9.17, 15) is 14.4 Å². The van der Waals surface area contributed by atoms with Crippen LogP contribution in [0.4, 0.5) is 10.3 Å². The first kappa shape index (κ1) is 23.3. The Kier molecular flexibility index (Phi) is 7.74. The lowest BCUT2D eigenvalue weighted by molar-refractivity contribution is -0.123. The first-order valence-electron chi connectivity index (χ1n) is 10.2. The van der Waals surface area contributed by atoms with Gasteiger partial charge in [-0.1, -0.05) is 11.3 Å². The maximum atomic E-state index is 12.8. The number of esters is 1. The van der Waals surface area contributed by atoms with Crippen LogP contribution in [0.5, 0.6) is 0 Å². The number of piperidine rings is 1. The molecule has 2 N–H and O–H groups in total. The molecule has 0 saturated carbocycles. The summed E-state index contributed by atoms with van der Waals surface area (Å²) >= 11 is 2.57. The van der Waals surface area contributed by atoms with Crippen LogP contribution in [0, 0.1) is 26.7 Å². The van der Waals surface area contributed by atoms with Gasteiger partial charge in [-0.15, -0.1) is 11.3 Å². The minimum atomic E-state index is -0.432. The molecule has 2 amide bonds. The fourth-order valence-electron chi connectivity index (χ4n) is 3.34. The summed E-state index contributed by atoms with van der Waals surface area (Å²) in [4.78, 5) is 49.1. The highest BCUT2D eigenvalue weighted by atomic mass is 32.1. The Labute approximate surface area is 189 Å². The zero-order valence-electron chi connectivity index (χ0n) is 18.1. The number of likely N-dealkylation sites (tertiary alicyclic amines) is 1. The van der Waals surface area contributed by atoms with Gasteiger partial charge in [0, 0.05) is 11.4 Å². The molecule has 1 unspecified atom stereocenters. The lowest BCUT2D eigenvalue weighted by Gasteiger charge is -2.31.